The van der Waals surface area contributed by atoms with Crippen molar-refractivity contribution in [2.45, 2.75) is 86.9 Å². The number of ether oxygens (including phenoxy) is 1. The topological polar surface area (TPSA) is 84.5 Å². The number of carbonyl (C=O) groups is 3. The van der Waals surface area contributed by atoms with Gasteiger partial charge in [-0.05, 0) is 38.5 Å². The van der Waals surface area contributed by atoms with Crippen molar-refractivity contribution in [2.24, 2.45) is 10.8 Å². The first-order chi connectivity index (χ1) is 10.4. The van der Waals surface area contributed by atoms with E-state index in [0.29, 0.717) is 0 Å². The molecule has 0 aromatic rings. The van der Waals surface area contributed by atoms with Crippen LogP contribution in [-0.2, 0) is 14.3 Å². The van der Waals surface area contributed by atoms with E-state index in [1.165, 1.54) is 6.92 Å². The molecule has 0 heterocycles. The number of Topliss-reactive ketones (excluding diaryl/α,β-unsaturated/α-hetero) is 1. The maximum Gasteiger partial charge on any atom is 0.408 e. The molecule has 0 bridgehead atoms. The Balaban J connectivity index is 5.30. The van der Waals surface area contributed by atoms with Gasteiger partial charge in [-0.2, -0.15) is 0 Å². The van der Waals surface area contributed by atoms with Crippen LogP contribution in [0.15, 0.2) is 0 Å². The van der Waals surface area contributed by atoms with E-state index in [1.54, 1.807) is 20.8 Å². The molecule has 0 aliphatic rings. The predicted octanol–water partition coefficient (Wildman–Crippen LogP) is 3.05. The van der Waals surface area contributed by atoms with E-state index in [4.69, 9.17) is 4.74 Å². The van der Waals surface area contributed by atoms with Gasteiger partial charge in [0.15, 0.2) is 5.78 Å². The van der Waals surface area contributed by atoms with Crippen molar-refractivity contribution in [3.05, 3.63) is 0 Å². The number of rotatable bonds is 4. The van der Waals surface area contributed by atoms with Crippen LogP contribution in [0.3, 0.4) is 0 Å². The summed E-state index contributed by atoms with van der Waals surface area (Å²) in [5, 5.41) is 5.40. The Bertz CT molecular complexity index is 479. The third-order valence-corrected chi connectivity index (χ3v) is 3.35. The average Bonchev–Trinajstić information content (AvgIpc) is 2.27. The zero-order chi connectivity index (χ0) is 19.5. The number of hydrogen-bond acceptors (Lipinski definition) is 4. The Morgan fingerprint density at radius 3 is 1.46 bits per heavy atom. The largest absolute Gasteiger partial charge is 0.444 e. The molecule has 24 heavy (non-hydrogen) atoms. The monoisotopic (exact) mass is 342 g/mol. The van der Waals surface area contributed by atoms with Gasteiger partial charge in [0, 0.05) is 0 Å². The smallest absolute Gasteiger partial charge is 0.408 e. The van der Waals surface area contributed by atoms with Crippen LogP contribution in [0.2, 0.25) is 0 Å². The molecule has 0 unspecified atom stereocenters. The predicted molar refractivity (Wildman–Crippen MR) is 94.7 cm³/mol. The fourth-order valence-electron chi connectivity index (χ4n) is 2.25. The summed E-state index contributed by atoms with van der Waals surface area (Å²) in [7, 11) is 0. The van der Waals surface area contributed by atoms with Crippen LogP contribution < -0.4 is 10.6 Å². The molecule has 0 spiro atoms. The van der Waals surface area contributed by atoms with Crippen LogP contribution in [-0.4, -0.2) is 35.5 Å². The molecule has 6 nitrogen and oxygen atoms in total. The molecule has 2 atom stereocenters. The highest BCUT2D eigenvalue weighted by molar-refractivity contribution is 5.92. The van der Waals surface area contributed by atoms with E-state index >= 15 is 0 Å². The Morgan fingerprint density at radius 1 is 0.750 bits per heavy atom. The normalized spacial score (nSPS) is 15.2. The van der Waals surface area contributed by atoms with Crippen LogP contribution in [0, 0.1) is 10.8 Å². The van der Waals surface area contributed by atoms with Gasteiger partial charge in [-0.1, -0.05) is 41.5 Å². The maximum atomic E-state index is 12.7. The molecule has 0 rings (SSSR count). The second kappa shape index (κ2) is 7.53. The first kappa shape index (κ1) is 22.4. The Hall–Kier alpha value is -1.59. The quantitative estimate of drug-likeness (QED) is 0.822. The third kappa shape index (κ3) is 7.79. The van der Waals surface area contributed by atoms with E-state index in [0.717, 1.165) is 0 Å². The van der Waals surface area contributed by atoms with Gasteiger partial charge < -0.3 is 15.4 Å². The summed E-state index contributed by atoms with van der Waals surface area (Å²) in [4.78, 5) is 36.7. The minimum atomic E-state index is -0.823. The average molecular weight is 342 g/mol. The van der Waals surface area contributed by atoms with Gasteiger partial charge in [0.1, 0.15) is 11.6 Å². The molecule has 0 aliphatic heterocycles. The Kier molecular flexibility index (Phi) is 7.03. The van der Waals surface area contributed by atoms with Crippen molar-refractivity contribution in [1.82, 2.24) is 10.6 Å². The van der Waals surface area contributed by atoms with Crippen LogP contribution in [0.1, 0.15) is 69.2 Å². The van der Waals surface area contributed by atoms with E-state index in [2.05, 4.69) is 10.6 Å². The fourth-order valence-corrected chi connectivity index (χ4v) is 2.25. The molecule has 2 N–H and O–H groups in total. The van der Waals surface area contributed by atoms with Gasteiger partial charge in [0.2, 0.25) is 5.91 Å². The molecular formula is C18H34N2O4. The molecule has 0 aliphatic carbocycles. The maximum absolute atomic E-state index is 12.7. The van der Waals surface area contributed by atoms with Crippen molar-refractivity contribution in [2.75, 3.05) is 0 Å². The minimum absolute atomic E-state index is 0.124. The van der Waals surface area contributed by atoms with Gasteiger partial charge in [-0.3, -0.25) is 9.59 Å². The molecular weight excluding hydrogens is 308 g/mol. The lowest BCUT2D eigenvalue weighted by atomic mass is 9.82. The van der Waals surface area contributed by atoms with Gasteiger partial charge >= 0.3 is 6.09 Å². The van der Waals surface area contributed by atoms with Gasteiger partial charge in [0.25, 0.3) is 0 Å². The molecule has 0 saturated heterocycles. The summed E-state index contributed by atoms with van der Waals surface area (Å²) in [6.45, 7) is 17.9. The number of alkyl carbamates (subject to hydrolysis) is 1. The van der Waals surface area contributed by atoms with Gasteiger partial charge in [-0.15, -0.1) is 0 Å². The van der Waals surface area contributed by atoms with Gasteiger partial charge in [-0.25, -0.2) is 4.79 Å². The van der Waals surface area contributed by atoms with Crippen molar-refractivity contribution in [1.29, 1.82) is 0 Å². The van der Waals surface area contributed by atoms with Gasteiger partial charge in [0.05, 0.1) is 6.04 Å². The summed E-state index contributed by atoms with van der Waals surface area (Å²) in [6.07, 6.45) is -0.660. The van der Waals surface area contributed by atoms with E-state index < -0.39 is 40.5 Å². The molecule has 0 aromatic heterocycles. The first-order valence-corrected chi connectivity index (χ1v) is 8.25. The summed E-state index contributed by atoms with van der Waals surface area (Å²) in [6, 6.07) is -1.45. The number of carbonyl (C=O) groups excluding carboxylic acids is 3. The van der Waals surface area contributed by atoms with E-state index in [1.807, 2.05) is 41.5 Å². The highest BCUT2D eigenvalue weighted by atomic mass is 16.6. The molecule has 0 radical (unpaired) electrons. The van der Waals surface area contributed by atoms with Crippen molar-refractivity contribution in [3.8, 4) is 0 Å². The van der Waals surface area contributed by atoms with E-state index in [-0.39, 0.29) is 5.78 Å². The summed E-state index contributed by atoms with van der Waals surface area (Å²) >= 11 is 0. The number of amides is 2. The highest BCUT2D eigenvalue weighted by Gasteiger charge is 2.38. The molecule has 0 aromatic carbocycles. The van der Waals surface area contributed by atoms with Crippen LogP contribution in [0.5, 0.6) is 0 Å². The van der Waals surface area contributed by atoms with Crippen LogP contribution in [0.4, 0.5) is 4.79 Å². The lowest BCUT2D eigenvalue weighted by molar-refractivity contribution is -0.132. The standard InChI is InChI=1S/C18H34N2O4/c1-11(21)12(16(2,3)4)19-14(22)13(17(5,6)7)20-15(23)24-18(8,9)10/h12-13H,1-10H3,(H,19,22)(H,20,23)/t12-,13-/m1/s1. The number of hydrogen-bond donors (Lipinski definition) is 2. The lowest BCUT2D eigenvalue weighted by Gasteiger charge is -2.35. The van der Waals surface area contributed by atoms with Crippen molar-refractivity contribution >= 4 is 17.8 Å². The highest BCUT2D eigenvalue weighted by Crippen LogP contribution is 2.23. The molecule has 6 heteroatoms. The van der Waals surface area contributed by atoms with E-state index in [9.17, 15) is 14.4 Å². The zero-order valence-electron chi connectivity index (χ0n) is 16.8. The zero-order valence-corrected chi connectivity index (χ0v) is 16.8. The SMILES string of the molecule is CC(=O)[C@@H](NC(=O)[C@@H](NC(=O)OC(C)(C)C)C(C)(C)C)C(C)(C)C. The Morgan fingerprint density at radius 2 is 1.17 bits per heavy atom. The second-order valence-corrected chi connectivity index (χ2v) is 9.36. The summed E-state index contributed by atoms with van der Waals surface area (Å²) in [5.41, 5.74) is -1.62. The summed E-state index contributed by atoms with van der Waals surface area (Å²) in [5.74, 6) is -0.524. The number of nitrogens with one attached hydrogen (secondary N) is 2. The molecule has 2 amide bonds. The molecule has 0 fully saturated rings. The lowest BCUT2D eigenvalue weighted by Crippen LogP contribution is -2.59. The van der Waals surface area contributed by atoms with Crippen LogP contribution in [0.25, 0.3) is 0 Å². The second-order valence-electron chi connectivity index (χ2n) is 9.36. The third-order valence-electron chi connectivity index (χ3n) is 3.35. The fraction of sp³-hybridized carbons (Fsp3) is 0.833. The number of ketones is 1. The van der Waals surface area contributed by atoms with Crippen molar-refractivity contribution in [3.63, 3.8) is 0 Å². The Labute approximate surface area is 146 Å². The minimum Gasteiger partial charge on any atom is -0.444 e. The summed E-state index contributed by atoms with van der Waals surface area (Å²) < 4.78 is 5.24. The van der Waals surface area contributed by atoms with Crippen molar-refractivity contribution < 1.29 is 19.1 Å². The first-order valence-electron chi connectivity index (χ1n) is 8.25. The van der Waals surface area contributed by atoms with Crippen LogP contribution >= 0.6 is 0 Å². The molecule has 140 valence electrons. The molecule has 0 saturated carbocycles.